The number of aryl methyl sites for hydroxylation is 1. The highest BCUT2D eigenvalue weighted by molar-refractivity contribution is 6.04. The molecule has 0 bridgehead atoms. The van der Waals surface area contributed by atoms with Crippen LogP contribution in [0.2, 0.25) is 0 Å². The Kier molecular flexibility index (Phi) is 5.61. The molecule has 1 amide bonds. The predicted molar refractivity (Wildman–Crippen MR) is 125 cm³/mol. The van der Waals surface area contributed by atoms with E-state index in [9.17, 15) is 4.79 Å². The van der Waals surface area contributed by atoms with Crippen molar-refractivity contribution in [2.75, 3.05) is 34.7 Å². The fourth-order valence-corrected chi connectivity index (χ4v) is 3.68. The highest BCUT2D eigenvalue weighted by Gasteiger charge is 2.34. The molecule has 32 heavy (non-hydrogen) atoms. The Balaban J connectivity index is 1.61. The lowest BCUT2D eigenvalue weighted by Gasteiger charge is -2.30. The Hall–Kier alpha value is -3.81. The number of hydrogen-bond acceptors (Lipinski definition) is 7. The lowest BCUT2D eigenvalue weighted by Crippen LogP contribution is -2.39. The van der Waals surface area contributed by atoms with Gasteiger partial charge in [0.25, 0.3) is 5.91 Å². The van der Waals surface area contributed by atoms with E-state index in [-0.39, 0.29) is 5.91 Å². The number of ether oxygens (including phenoxy) is 1. The number of nitrogens with two attached hydrogens (primary N) is 1. The van der Waals surface area contributed by atoms with Crippen LogP contribution in [0.5, 0.6) is 0 Å². The van der Waals surface area contributed by atoms with Gasteiger partial charge in [-0.15, -0.1) is 5.10 Å². The first-order valence-electron chi connectivity index (χ1n) is 10.4. The summed E-state index contributed by atoms with van der Waals surface area (Å²) in [7, 11) is 7.24. The van der Waals surface area contributed by atoms with E-state index in [2.05, 4.69) is 5.10 Å². The first-order chi connectivity index (χ1) is 15.2. The number of hydrazone groups is 1. The summed E-state index contributed by atoms with van der Waals surface area (Å²) < 4.78 is 6.19. The van der Waals surface area contributed by atoms with Gasteiger partial charge in [-0.1, -0.05) is 29.8 Å². The Morgan fingerprint density at radius 1 is 1.12 bits per heavy atom. The molecule has 8 heteroatoms. The summed E-state index contributed by atoms with van der Waals surface area (Å²) in [5.41, 5.74) is 11.5. The van der Waals surface area contributed by atoms with Crippen LogP contribution in [0.1, 0.15) is 27.0 Å². The summed E-state index contributed by atoms with van der Waals surface area (Å²) in [5, 5.41) is 6.30. The molecule has 0 saturated heterocycles. The lowest BCUT2D eigenvalue weighted by atomic mass is 10.0. The zero-order chi connectivity index (χ0) is 23.0. The molecular formula is C24H28N6O2. The second kappa shape index (κ2) is 8.37. The van der Waals surface area contributed by atoms with Gasteiger partial charge in [0.15, 0.2) is 0 Å². The Labute approximate surface area is 188 Å². The summed E-state index contributed by atoms with van der Waals surface area (Å²) in [6.07, 6.45) is -0.530. The van der Waals surface area contributed by atoms with Crippen LogP contribution in [0, 0.1) is 6.92 Å². The molecule has 0 fully saturated rings. The molecular weight excluding hydrogens is 404 g/mol. The Morgan fingerprint density at radius 3 is 2.50 bits per heavy atom. The number of carbonyl (C=O) groups excluding carboxylic acids is 1. The van der Waals surface area contributed by atoms with Crippen LogP contribution >= 0.6 is 0 Å². The van der Waals surface area contributed by atoms with Crippen LogP contribution in [0.15, 0.2) is 70.1 Å². The molecule has 2 heterocycles. The fourth-order valence-electron chi connectivity index (χ4n) is 3.68. The summed E-state index contributed by atoms with van der Waals surface area (Å²) in [5.74, 6) is 1.05. The zero-order valence-electron chi connectivity index (χ0n) is 19.0. The van der Waals surface area contributed by atoms with Gasteiger partial charge in [-0.3, -0.25) is 9.80 Å². The molecule has 2 aromatic carbocycles. The molecule has 0 radical (unpaired) electrons. The van der Waals surface area contributed by atoms with Gasteiger partial charge in [0.2, 0.25) is 12.1 Å². The summed E-state index contributed by atoms with van der Waals surface area (Å²) in [4.78, 5) is 20.6. The van der Waals surface area contributed by atoms with Crippen molar-refractivity contribution in [3.63, 3.8) is 0 Å². The highest BCUT2D eigenvalue weighted by Crippen LogP contribution is 2.27. The Morgan fingerprint density at radius 2 is 1.84 bits per heavy atom. The van der Waals surface area contributed by atoms with Crippen molar-refractivity contribution in [2.24, 2.45) is 15.8 Å². The first kappa shape index (κ1) is 21.4. The van der Waals surface area contributed by atoms with E-state index in [0.29, 0.717) is 29.5 Å². The van der Waals surface area contributed by atoms with Crippen LogP contribution in [0.4, 0.5) is 0 Å². The van der Waals surface area contributed by atoms with Crippen molar-refractivity contribution in [2.45, 2.75) is 13.2 Å². The number of rotatable bonds is 4. The molecule has 0 spiro atoms. The zero-order valence-corrected chi connectivity index (χ0v) is 19.0. The molecule has 166 valence electrons. The fraction of sp³-hybridized carbons (Fsp3) is 0.292. The molecule has 8 nitrogen and oxygen atoms in total. The molecule has 0 aromatic heterocycles. The number of nitrogens with zero attached hydrogens (tertiary/aromatic N) is 5. The van der Waals surface area contributed by atoms with Gasteiger partial charge in [-0.2, -0.15) is 0 Å². The maximum Gasteiger partial charge on any atom is 0.253 e. The SMILES string of the molecule is Cc1cccc(C2=NN(C)C(C3=C(N)N(C)CC(c4ccc(C(=O)N(C)C)cc4)=N3)O2)c1. The van der Waals surface area contributed by atoms with E-state index < -0.39 is 6.23 Å². The average molecular weight is 433 g/mol. The van der Waals surface area contributed by atoms with Gasteiger partial charge < -0.3 is 20.3 Å². The number of hydrogen-bond donors (Lipinski definition) is 1. The number of carbonyl (C=O) groups is 1. The standard InChI is InChI=1S/C24H28N6O2/c1-15-7-6-8-18(13-15)22-27-30(5)24(32-22)20-21(25)29(4)14-19(26-20)16-9-11-17(12-10-16)23(31)28(2)3/h6-13,24H,14,25H2,1-5H3. The lowest BCUT2D eigenvalue weighted by molar-refractivity contribution is 0.0827. The topological polar surface area (TPSA) is 86.8 Å². The van der Waals surface area contributed by atoms with Gasteiger partial charge in [0.05, 0.1) is 12.3 Å². The van der Waals surface area contributed by atoms with Crippen LogP contribution < -0.4 is 5.73 Å². The van der Waals surface area contributed by atoms with E-state index in [4.69, 9.17) is 15.5 Å². The van der Waals surface area contributed by atoms with Crippen LogP contribution in [-0.2, 0) is 4.74 Å². The van der Waals surface area contributed by atoms with E-state index >= 15 is 0 Å². The number of likely N-dealkylation sites (N-methyl/N-ethyl adjacent to an activating group) is 2. The molecule has 0 saturated carbocycles. The van der Waals surface area contributed by atoms with E-state index in [1.165, 1.54) is 0 Å². The van der Waals surface area contributed by atoms with Crippen molar-refractivity contribution in [1.82, 2.24) is 14.8 Å². The first-order valence-corrected chi connectivity index (χ1v) is 10.4. The molecule has 0 aliphatic carbocycles. The van der Waals surface area contributed by atoms with Gasteiger partial charge in [-0.05, 0) is 36.8 Å². The largest absolute Gasteiger partial charge is 0.444 e. The second-order valence-electron chi connectivity index (χ2n) is 8.28. The van der Waals surface area contributed by atoms with Crippen LogP contribution in [0.3, 0.4) is 0 Å². The highest BCUT2D eigenvalue weighted by atomic mass is 16.5. The molecule has 2 aliphatic rings. The quantitative estimate of drug-likeness (QED) is 0.801. The maximum atomic E-state index is 12.2. The van der Waals surface area contributed by atoms with Crippen LogP contribution in [0.25, 0.3) is 0 Å². The monoisotopic (exact) mass is 432 g/mol. The Bertz CT molecular complexity index is 1130. The van der Waals surface area contributed by atoms with Gasteiger partial charge in [-0.25, -0.2) is 4.99 Å². The molecule has 2 N–H and O–H groups in total. The van der Waals surface area contributed by atoms with Gasteiger partial charge in [0.1, 0.15) is 11.5 Å². The third-order valence-corrected chi connectivity index (χ3v) is 5.50. The smallest absolute Gasteiger partial charge is 0.253 e. The summed E-state index contributed by atoms with van der Waals surface area (Å²) in [6, 6.07) is 15.5. The summed E-state index contributed by atoms with van der Waals surface area (Å²) >= 11 is 0. The minimum Gasteiger partial charge on any atom is -0.444 e. The van der Waals surface area contributed by atoms with Crippen molar-refractivity contribution < 1.29 is 9.53 Å². The molecule has 1 atom stereocenters. The number of amides is 1. The minimum atomic E-state index is -0.530. The molecule has 2 aliphatic heterocycles. The van der Waals surface area contributed by atoms with E-state index in [0.717, 1.165) is 22.4 Å². The number of benzene rings is 2. The van der Waals surface area contributed by atoms with Crippen molar-refractivity contribution in [1.29, 1.82) is 0 Å². The summed E-state index contributed by atoms with van der Waals surface area (Å²) in [6.45, 7) is 2.59. The van der Waals surface area contributed by atoms with Crippen molar-refractivity contribution in [3.05, 3.63) is 82.3 Å². The van der Waals surface area contributed by atoms with Gasteiger partial charge in [0, 0.05) is 39.3 Å². The third kappa shape index (κ3) is 4.03. The molecule has 1 unspecified atom stereocenters. The van der Waals surface area contributed by atoms with E-state index in [1.807, 2.05) is 74.4 Å². The van der Waals surface area contributed by atoms with E-state index in [1.54, 1.807) is 24.0 Å². The van der Waals surface area contributed by atoms with Gasteiger partial charge >= 0.3 is 0 Å². The minimum absolute atomic E-state index is 0.0362. The predicted octanol–water partition coefficient (Wildman–Crippen LogP) is 2.21. The number of aliphatic imine (C=N–C) groups is 1. The molecule has 2 aromatic rings. The van der Waals surface area contributed by atoms with Crippen molar-refractivity contribution >= 4 is 17.5 Å². The molecule has 4 rings (SSSR count). The maximum absolute atomic E-state index is 12.2. The third-order valence-electron chi connectivity index (χ3n) is 5.50. The van der Waals surface area contributed by atoms with Crippen LogP contribution in [-0.4, -0.2) is 73.3 Å². The van der Waals surface area contributed by atoms with Crippen molar-refractivity contribution in [3.8, 4) is 0 Å². The second-order valence-corrected chi connectivity index (χ2v) is 8.28. The normalized spacial score (nSPS) is 18.3. The average Bonchev–Trinajstić information content (AvgIpc) is 3.16.